The number of hydrogen-bond donors (Lipinski definition) is 1. The lowest BCUT2D eigenvalue weighted by Gasteiger charge is -2.29. The van der Waals surface area contributed by atoms with Gasteiger partial charge in [0.2, 0.25) is 0 Å². The molecule has 0 heterocycles. The molecule has 7 nitrogen and oxygen atoms in total. The first-order chi connectivity index (χ1) is 17.9. The van der Waals surface area contributed by atoms with Crippen LogP contribution in [0, 0.1) is 0 Å². The molecule has 0 saturated heterocycles. The molecule has 1 N–H and O–H groups in total. The van der Waals surface area contributed by atoms with Crippen molar-refractivity contribution in [1.82, 2.24) is 0 Å². The highest BCUT2D eigenvalue weighted by atomic mass is 16.6. The van der Waals surface area contributed by atoms with E-state index in [1.165, 1.54) is 19.3 Å². The van der Waals surface area contributed by atoms with E-state index in [9.17, 15) is 19.5 Å². The van der Waals surface area contributed by atoms with Gasteiger partial charge in [-0.05, 0) is 77.0 Å². The lowest BCUT2D eigenvalue weighted by Crippen LogP contribution is -2.46. The maximum atomic E-state index is 13.3. The van der Waals surface area contributed by atoms with E-state index < -0.39 is 36.4 Å². The van der Waals surface area contributed by atoms with Gasteiger partial charge in [0.15, 0.2) is 5.60 Å². The molecule has 0 radical (unpaired) electrons. The van der Waals surface area contributed by atoms with Crippen molar-refractivity contribution < 1.29 is 33.7 Å². The van der Waals surface area contributed by atoms with Crippen LogP contribution in [0.4, 0.5) is 0 Å². The normalized spacial score (nSPS) is 22.3. The number of aliphatic hydroxyl groups is 1. The predicted molar refractivity (Wildman–Crippen MR) is 141 cm³/mol. The van der Waals surface area contributed by atoms with Crippen LogP contribution in [0.25, 0.3) is 0 Å². The van der Waals surface area contributed by atoms with Crippen molar-refractivity contribution in [3.63, 3.8) is 0 Å². The van der Waals surface area contributed by atoms with Crippen LogP contribution in [-0.4, -0.2) is 46.9 Å². The second kappa shape index (κ2) is 16.4. The molecule has 0 aliphatic heterocycles. The van der Waals surface area contributed by atoms with Crippen LogP contribution in [0.5, 0.6) is 0 Å². The molecule has 3 saturated carbocycles. The molecule has 0 unspecified atom stereocenters. The Morgan fingerprint density at radius 2 is 0.757 bits per heavy atom. The fraction of sp³-hybridized carbons (Fsp3) is 0.900. The zero-order chi connectivity index (χ0) is 26.3. The first kappa shape index (κ1) is 29.9. The Hall–Kier alpha value is -1.63. The zero-order valence-electron chi connectivity index (χ0n) is 22.9. The van der Waals surface area contributed by atoms with Crippen LogP contribution in [0.3, 0.4) is 0 Å². The minimum Gasteiger partial charge on any atom is -0.462 e. The Morgan fingerprint density at radius 1 is 0.486 bits per heavy atom. The van der Waals surface area contributed by atoms with E-state index in [0.717, 1.165) is 116 Å². The van der Waals surface area contributed by atoms with Crippen LogP contribution < -0.4 is 0 Å². The monoisotopic (exact) mass is 522 g/mol. The molecular weight excluding hydrogens is 472 g/mol. The molecule has 0 aromatic carbocycles. The summed E-state index contributed by atoms with van der Waals surface area (Å²) in [5.74, 6) is -2.20. The summed E-state index contributed by atoms with van der Waals surface area (Å²) in [6.07, 6.45) is 19.0. The summed E-state index contributed by atoms with van der Waals surface area (Å²) in [6, 6.07) is 0. The van der Waals surface area contributed by atoms with Gasteiger partial charge in [0.25, 0.3) is 0 Å². The third-order valence-corrected chi connectivity index (χ3v) is 8.28. The lowest BCUT2D eigenvalue weighted by atomic mass is 9.94. The number of rotatable bonds is 8. The van der Waals surface area contributed by atoms with Gasteiger partial charge in [-0.25, -0.2) is 4.79 Å². The van der Waals surface area contributed by atoms with Gasteiger partial charge in [0.1, 0.15) is 18.3 Å². The van der Waals surface area contributed by atoms with Crippen molar-refractivity contribution >= 4 is 17.9 Å². The first-order valence-electron chi connectivity index (χ1n) is 15.3. The van der Waals surface area contributed by atoms with Crippen LogP contribution >= 0.6 is 0 Å². The number of ether oxygens (including phenoxy) is 3. The summed E-state index contributed by atoms with van der Waals surface area (Å²) in [6.45, 7) is 0. The van der Waals surface area contributed by atoms with Gasteiger partial charge in [-0.2, -0.15) is 0 Å². The topological polar surface area (TPSA) is 99.1 Å². The van der Waals surface area contributed by atoms with Gasteiger partial charge in [-0.1, -0.05) is 57.8 Å². The van der Waals surface area contributed by atoms with Crippen molar-refractivity contribution in [2.75, 3.05) is 0 Å². The van der Waals surface area contributed by atoms with E-state index in [1.54, 1.807) is 0 Å². The van der Waals surface area contributed by atoms with Gasteiger partial charge >= 0.3 is 17.9 Å². The molecule has 0 amide bonds. The summed E-state index contributed by atoms with van der Waals surface area (Å²) < 4.78 is 17.1. The van der Waals surface area contributed by atoms with Crippen molar-refractivity contribution in [2.45, 2.75) is 172 Å². The predicted octanol–water partition coefficient (Wildman–Crippen LogP) is 6.47. The zero-order valence-corrected chi connectivity index (χ0v) is 22.9. The summed E-state index contributed by atoms with van der Waals surface area (Å²) >= 11 is 0. The summed E-state index contributed by atoms with van der Waals surface area (Å²) in [4.78, 5) is 39.2. The largest absolute Gasteiger partial charge is 0.462 e. The van der Waals surface area contributed by atoms with Crippen LogP contribution in [0.1, 0.15) is 148 Å². The Morgan fingerprint density at radius 3 is 1.08 bits per heavy atom. The Labute approximate surface area is 223 Å². The van der Waals surface area contributed by atoms with E-state index >= 15 is 0 Å². The molecule has 0 aromatic heterocycles. The number of carbonyl (C=O) groups excluding carboxylic acids is 3. The molecule has 0 atom stereocenters. The van der Waals surface area contributed by atoms with Crippen LogP contribution in [0.15, 0.2) is 0 Å². The maximum Gasteiger partial charge on any atom is 0.339 e. The lowest BCUT2D eigenvalue weighted by molar-refractivity contribution is -0.185. The minimum atomic E-state index is -2.28. The molecule has 0 aromatic rings. The Balaban J connectivity index is 1.64. The second-order valence-electron chi connectivity index (χ2n) is 11.7. The van der Waals surface area contributed by atoms with Gasteiger partial charge in [-0.3, -0.25) is 9.59 Å². The van der Waals surface area contributed by atoms with Gasteiger partial charge in [0, 0.05) is 0 Å². The average molecular weight is 523 g/mol. The summed E-state index contributed by atoms with van der Waals surface area (Å²) in [5, 5.41) is 11.5. The van der Waals surface area contributed by atoms with E-state index in [-0.39, 0.29) is 18.3 Å². The summed E-state index contributed by atoms with van der Waals surface area (Å²) in [5.41, 5.74) is -2.28. The second-order valence-corrected chi connectivity index (χ2v) is 11.7. The Kier molecular flexibility index (Phi) is 13.2. The standard InChI is InChI=1S/C30H50O7/c31-27(35-24-16-10-4-1-5-11-17-24)22-30(34,29(33)37-26-20-14-8-3-9-15-21-26)23-28(32)36-25-18-12-6-2-7-13-19-25/h24-26,34H,1-23H2. The maximum absolute atomic E-state index is 13.3. The molecule has 3 aliphatic rings. The minimum absolute atomic E-state index is 0.208. The quantitative estimate of drug-likeness (QED) is 0.288. The number of carbonyl (C=O) groups is 3. The molecule has 3 aliphatic carbocycles. The van der Waals surface area contributed by atoms with Crippen LogP contribution in [0.2, 0.25) is 0 Å². The van der Waals surface area contributed by atoms with E-state index in [2.05, 4.69) is 0 Å². The van der Waals surface area contributed by atoms with Gasteiger partial charge in [-0.15, -0.1) is 0 Å². The molecular formula is C30H50O7. The third-order valence-electron chi connectivity index (χ3n) is 8.28. The van der Waals surface area contributed by atoms with Crippen molar-refractivity contribution in [3.8, 4) is 0 Å². The van der Waals surface area contributed by atoms with Gasteiger partial charge in [0.05, 0.1) is 12.8 Å². The average Bonchev–Trinajstić information content (AvgIpc) is 2.78. The molecule has 212 valence electrons. The van der Waals surface area contributed by atoms with Crippen molar-refractivity contribution in [1.29, 1.82) is 0 Å². The summed E-state index contributed by atoms with van der Waals surface area (Å²) in [7, 11) is 0. The van der Waals surface area contributed by atoms with E-state index in [4.69, 9.17) is 14.2 Å². The van der Waals surface area contributed by atoms with Crippen LogP contribution in [-0.2, 0) is 28.6 Å². The highest BCUT2D eigenvalue weighted by molar-refractivity contribution is 5.90. The molecule has 0 spiro atoms. The fourth-order valence-electron chi connectivity index (χ4n) is 6.01. The fourth-order valence-corrected chi connectivity index (χ4v) is 6.01. The highest BCUT2D eigenvalue weighted by Gasteiger charge is 2.45. The third kappa shape index (κ3) is 11.3. The molecule has 3 rings (SSSR count). The molecule has 37 heavy (non-hydrogen) atoms. The molecule has 0 bridgehead atoms. The van der Waals surface area contributed by atoms with E-state index in [0.29, 0.717) is 0 Å². The number of hydrogen-bond acceptors (Lipinski definition) is 7. The highest BCUT2D eigenvalue weighted by Crippen LogP contribution is 2.28. The smallest absolute Gasteiger partial charge is 0.339 e. The Bertz CT molecular complexity index is 644. The van der Waals surface area contributed by atoms with Crippen molar-refractivity contribution in [3.05, 3.63) is 0 Å². The SMILES string of the molecule is O=C(CC(O)(CC(=O)OC1CCCCCCC1)C(=O)OC1CCCCCCC1)OC1CCCCCCC1. The van der Waals surface area contributed by atoms with E-state index in [1.807, 2.05) is 0 Å². The molecule has 7 heteroatoms. The first-order valence-corrected chi connectivity index (χ1v) is 15.3. The van der Waals surface area contributed by atoms with Crippen molar-refractivity contribution in [2.24, 2.45) is 0 Å². The van der Waals surface area contributed by atoms with Gasteiger partial charge < -0.3 is 19.3 Å². The number of esters is 3. The molecule has 3 fully saturated rings.